The van der Waals surface area contributed by atoms with Gasteiger partial charge in [-0.05, 0) is 72.9 Å². The van der Waals surface area contributed by atoms with Crippen molar-refractivity contribution in [3.63, 3.8) is 0 Å². The Morgan fingerprint density at radius 2 is 1.55 bits per heavy atom. The van der Waals surface area contributed by atoms with Gasteiger partial charge in [-0.3, -0.25) is 9.69 Å². The number of hydrogen-bond acceptors (Lipinski definition) is 7. The van der Waals surface area contributed by atoms with Crippen LogP contribution in [-0.2, 0) is 45.1 Å². The van der Waals surface area contributed by atoms with E-state index in [1.807, 2.05) is 118 Å². The number of amides is 2. The maximum atomic E-state index is 13.9. The van der Waals surface area contributed by atoms with Crippen molar-refractivity contribution in [1.29, 1.82) is 0 Å². The number of nitrogens with zero attached hydrogens (tertiary/aromatic N) is 1. The standard InChI is InChI=1S/C38H38N2O7/c1-38(2,3)47-36(42)39-23-27-13-10-16-29(19-27)33-22-32(20-30-17-18-45-35(30)33)40(37(43)46-25-26-11-6-5-7-12-26)24-31-15-9-8-14-28(31)21-34(41)44-4/h5-20,22H,21,23-25H2,1-4H3,(H,39,42). The van der Waals surface area contributed by atoms with Gasteiger partial charge < -0.3 is 23.9 Å². The van der Waals surface area contributed by atoms with Crippen LogP contribution >= 0.6 is 0 Å². The number of rotatable bonds is 10. The average molecular weight is 635 g/mol. The van der Waals surface area contributed by atoms with Crippen LogP contribution in [0.15, 0.2) is 108 Å². The van der Waals surface area contributed by atoms with E-state index in [2.05, 4.69) is 5.32 Å². The van der Waals surface area contributed by atoms with Crippen LogP contribution in [0.5, 0.6) is 0 Å². The molecule has 242 valence electrons. The fraction of sp³-hybridized carbons (Fsp3) is 0.237. The number of benzene rings is 4. The van der Waals surface area contributed by atoms with E-state index < -0.39 is 17.8 Å². The SMILES string of the molecule is COC(=O)Cc1ccccc1CN(C(=O)OCc1ccccc1)c1cc(-c2cccc(CNC(=O)OC(C)(C)C)c2)c2occc2c1. The molecule has 5 aromatic rings. The number of anilines is 1. The highest BCUT2D eigenvalue weighted by Gasteiger charge is 2.23. The molecule has 2 amide bonds. The number of esters is 1. The first-order chi connectivity index (χ1) is 22.6. The minimum atomic E-state index is -0.606. The molecule has 0 radical (unpaired) electrons. The highest BCUT2D eigenvalue weighted by molar-refractivity contribution is 5.99. The fourth-order valence-electron chi connectivity index (χ4n) is 5.11. The maximum absolute atomic E-state index is 13.9. The molecule has 0 atom stereocenters. The predicted molar refractivity (Wildman–Crippen MR) is 180 cm³/mol. The fourth-order valence-corrected chi connectivity index (χ4v) is 5.11. The Morgan fingerprint density at radius 3 is 2.30 bits per heavy atom. The summed E-state index contributed by atoms with van der Waals surface area (Å²) in [6.07, 6.45) is 0.618. The van der Waals surface area contributed by atoms with Crippen LogP contribution in [0.25, 0.3) is 22.1 Å². The first-order valence-electron chi connectivity index (χ1n) is 15.3. The lowest BCUT2D eigenvalue weighted by molar-refractivity contribution is -0.139. The third kappa shape index (κ3) is 8.79. The summed E-state index contributed by atoms with van der Waals surface area (Å²) in [6, 6.07) is 30.2. The van der Waals surface area contributed by atoms with Gasteiger partial charge in [-0.2, -0.15) is 0 Å². The number of carbonyl (C=O) groups is 3. The zero-order valence-corrected chi connectivity index (χ0v) is 26.9. The average Bonchev–Trinajstić information content (AvgIpc) is 3.54. The first-order valence-corrected chi connectivity index (χ1v) is 15.3. The van der Waals surface area contributed by atoms with Crippen molar-refractivity contribution in [1.82, 2.24) is 5.32 Å². The van der Waals surface area contributed by atoms with Gasteiger partial charge in [-0.25, -0.2) is 9.59 Å². The van der Waals surface area contributed by atoms with Crippen LogP contribution in [0.1, 0.15) is 43.0 Å². The molecule has 1 aromatic heterocycles. The van der Waals surface area contributed by atoms with Crippen molar-refractivity contribution in [2.45, 2.75) is 52.5 Å². The minimum Gasteiger partial charge on any atom is -0.469 e. The molecule has 9 nitrogen and oxygen atoms in total. The highest BCUT2D eigenvalue weighted by atomic mass is 16.6. The Balaban J connectivity index is 1.50. The van der Waals surface area contributed by atoms with Crippen LogP contribution < -0.4 is 10.2 Å². The summed E-state index contributed by atoms with van der Waals surface area (Å²) in [5.74, 6) is -0.376. The Labute approximate surface area is 274 Å². The maximum Gasteiger partial charge on any atom is 0.414 e. The molecule has 5 rings (SSSR count). The molecule has 0 unspecified atom stereocenters. The lowest BCUT2D eigenvalue weighted by Gasteiger charge is -2.24. The summed E-state index contributed by atoms with van der Waals surface area (Å²) in [6.45, 7) is 5.93. The zero-order valence-electron chi connectivity index (χ0n) is 26.9. The molecular formula is C38H38N2O7. The third-order valence-electron chi connectivity index (χ3n) is 7.36. The van der Waals surface area contributed by atoms with Gasteiger partial charge in [-0.15, -0.1) is 0 Å². The monoisotopic (exact) mass is 634 g/mol. The van der Waals surface area contributed by atoms with E-state index in [9.17, 15) is 14.4 Å². The Hall–Kier alpha value is -5.57. The van der Waals surface area contributed by atoms with Crippen molar-refractivity contribution in [3.05, 3.63) is 126 Å². The second kappa shape index (κ2) is 14.7. The van der Waals surface area contributed by atoms with E-state index in [-0.39, 0.29) is 32.1 Å². The minimum absolute atomic E-state index is 0.0652. The van der Waals surface area contributed by atoms with Crippen molar-refractivity contribution in [2.24, 2.45) is 0 Å². The number of ether oxygens (including phenoxy) is 3. The molecule has 9 heteroatoms. The molecular weight excluding hydrogens is 596 g/mol. The largest absolute Gasteiger partial charge is 0.469 e. The van der Waals surface area contributed by atoms with E-state index in [1.54, 1.807) is 11.2 Å². The number of carbonyl (C=O) groups excluding carboxylic acids is 3. The molecule has 0 aliphatic rings. The van der Waals surface area contributed by atoms with Gasteiger partial charge in [0, 0.05) is 23.2 Å². The van der Waals surface area contributed by atoms with E-state index >= 15 is 0 Å². The third-order valence-corrected chi connectivity index (χ3v) is 7.36. The van der Waals surface area contributed by atoms with Crippen LogP contribution in [0.2, 0.25) is 0 Å². The molecule has 0 fully saturated rings. The lowest BCUT2D eigenvalue weighted by Crippen LogP contribution is -2.32. The van der Waals surface area contributed by atoms with E-state index in [4.69, 9.17) is 18.6 Å². The number of fused-ring (bicyclic) bond motifs is 1. The molecule has 1 N–H and O–H groups in total. The number of hydrogen-bond donors (Lipinski definition) is 1. The molecule has 0 saturated carbocycles. The summed E-state index contributed by atoms with van der Waals surface area (Å²) < 4.78 is 22.0. The first kappa shape index (κ1) is 32.8. The second-order valence-corrected chi connectivity index (χ2v) is 12.0. The zero-order chi connectivity index (χ0) is 33.4. The number of alkyl carbamates (subject to hydrolysis) is 1. The van der Waals surface area contributed by atoms with Gasteiger partial charge in [0.25, 0.3) is 0 Å². The van der Waals surface area contributed by atoms with Gasteiger partial charge in [-0.1, -0.05) is 72.8 Å². The smallest absolute Gasteiger partial charge is 0.414 e. The normalized spacial score (nSPS) is 11.1. The summed E-state index contributed by atoms with van der Waals surface area (Å²) in [4.78, 5) is 39.9. The molecule has 1 heterocycles. The van der Waals surface area contributed by atoms with Crippen molar-refractivity contribution < 1.29 is 33.0 Å². The van der Waals surface area contributed by atoms with Gasteiger partial charge in [0.15, 0.2) is 0 Å². The summed E-state index contributed by atoms with van der Waals surface area (Å²) in [7, 11) is 1.35. The number of nitrogens with one attached hydrogen (secondary N) is 1. The van der Waals surface area contributed by atoms with E-state index in [0.29, 0.717) is 11.3 Å². The van der Waals surface area contributed by atoms with Crippen LogP contribution in [0.4, 0.5) is 15.3 Å². The topological polar surface area (TPSA) is 107 Å². The molecule has 0 saturated heterocycles. The predicted octanol–water partition coefficient (Wildman–Crippen LogP) is 8.18. The van der Waals surface area contributed by atoms with Gasteiger partial charge in [0.05, 0.1) is 26.3 Å². The van der Waals surface area contributed by atoms with Crippen molar-refractivity contribution in [2.75, 3.05) is 12.0 Å². The van der Waals surface area contributed by atoms with Gasteiger partial charge in [0.2, 0.25) is 0 Å². The summed E-state index contributed by atoms with van der Waals surface area (Å²) in [5.41, 5.74) is 5.44. The molecule has 0 bridgehead atoms. The molecule has 0 aliphatic heterocycles. The lowest BCUT2D eigenvalue weighted by atomic mass is 9.99. The molecule has 0 aliphatic carbocycles. The Morgan fingerprint density at radius 1 is 0.830 bits per heavy atom. The Kier molecular flexibility index (Phi) is 10.3. The van der Waals surface area contributed by atoms with Gasteiger partial charge in [0.1, 0.15) is 17.8 Å². The number of methoxy groups -OCH3 is 1. The van der Waals surface area contributed by atoms with Crippen LogP contribution in [0.3, 0.4) is 0 Å². The summed E-state index contributed by atoms with van der Waals surface area (Å²) >= 11 is 0. The van der Waals surface area contributed by atoms with Crippen LogP contribution in [0, 0.1) is 0 Å². The second-order valence-electron chi connectivity index (χ2n) is 12.0. The number of furan rings is 1. The quantitative estimate of drug-likeness (QED) is 0.122. The molecule has 4 aromatic carbocycles. The molecule has 0 spiro atoms. The van der Waals surface area contributed by atoms with Crippen LogP contribution in [-0.4, -0.2) is 30.9 Å². The van der Waals surface area contributed by atoms with Gasteiger partial charge >= 0.3 is 18.2 Å². The van der Waals surface area contributed by atoms with Crippen molar-refractivity contribution in [3.8, 4) is 11.1 Å². The van der Waals surface area contributed by atoms with E-state index in [1.165, 1.54) is 7.11 Å². The Bertz CT molecular complexity index is 1860. The summed E-state index contributed by atoms with van der Waals surface area (Å²) in [5, 5.41) is 3.59. The highest BCUT2D eigenvalue weighted by Crippen LogP contribution is 2.36. The molecule has 47 heavy (non-hydrogen) atoms. The van der Waals surface area contributed by atoms with Crippen molar-refractivity contribution >= 4 is 34.8 Å². The van der Waals surface area contributed by atoms with E-state index in [0.717, 1.165) is 38.8 Å².